The molecule has 0 N–H and O–H groups in total. The number of hydrogen-bond donors (Lipinski definition) is 0. The van der Waals surface area contributed by atoms with E-state index in [9.17, 15) is 4.79 Å². The van der Waals surface area contributed by atoms with Crippen LogP contribution in [-0.2, 0) is 9.53 Å². The summed E-state index contributed by atoms with van der Waals surface area (Å²) in [6.07, 6.45) is 5.40. The van der Waals surface area contributed by atoms with Crippen LogP contribution in [0.3, 0.4) is 0 Å². The van der Waals surface area contributed by atoms with Crippen LogP contribution in [0.15, 0.2) is 0 Å². The van der Waals surface area contributed by atoms with Crippen LogP contribution < -0.4 is 0 Å². The Hall–Kier alpha value is -0.570. The third kappa shape index (κ3) is 3.78. The molecule has 0 saturated heterocycles. The largest absolute Gasteiger partial charge is 0.462 e. The molecule has 1 rings (SSSR count). The number of nitrogens with zero attached hydrogens (tertiary/aromatic N) is 1. The number of ether oxygens (including phenoxy) is 1. The summed E-state index contributed by atoms with van der Waals surface area (Å²) in [5, 5.41) is 0. The average molecular weight is 227 g/mol. The predicted molar refractivity (Wildman–Crippen MR) is 65.3 cm³/mol. The predicted octanol–water partition coefficient (Wildman–Crippen LogP) is 2.45. The summed E-state index contributed by atoms with van der Waals surface area (Å²) in [6.45, 7) is 3.88. The minimum absolute atomic E-state index is 0.0674. The molecule has 1 aliphatic carbocycles. The Morgan fingerprint density at radius 1 is 1.31 bits per heavy atom. The van der Waals surface area contributed by atoms with E-state index in [0.29, 0.717) is 18.4 Å². The van der Waals surface area contributed by atoms with Crippen LogP contribution in [0.4, 0.5) is 0 Å². The van der Waals surface area contributed by atoms with E-state index in [1.807, 2.05) is 13.8 Å². The van der Waals surface area contributed by atoms with Gasteiger partial charge in [0.05, 0.1) is 0 Å². The Labute approximate surface area is 99.1 Å². The fourth-order valence-electron chi connectivity index (χ4n) is 2.47. The minimum Gasteiger partial charge on any atom is -0.462 e. The van der Waals surface area contributed by atoms with E-state index in [2.05, 4.69) is 19.0 Å². The first-order chi connectivity index (χ1) is 7.54. The molecule has 3 heteroatoms. The van der Waals surface area contributed by atoms with Crippen molar-refractivity contribution in [1.29, 1.82) is 0 Å². The lowest BCUT2D eigenvalue weighted by Gasteiger charge is -2.34. The molecular weight excluding hydrogens is 202 g/mol. The van der Waals surface area contributed by atoms with Gasteiger partial charge in [-0.1, -0.05) is 6.92 Å². The maximum Gasteiger partial charge on any atom is 0.305 e. The Kier molecular flexibility index (Phi) is 5.26. The minimum atomic E-state index is -0.0674. The monoisotopic (exact) mass is 227 g/mol. The van der Waals surface area contributed by atoms with Gasteiger partial charge in [0.1, 0.15) is 6.10 Å². The van der Waals surface area contributed by atoms with E-state index in [1.165, 1.54) is 25.7 Å². The maximum absolute atomic E-state index is 11.2. The quantitative estimate of drug-likeness (QED) is 0.691. The van der Waals surface area contributed by atoms with Crippen molar-refractivity contribution in [1.82, 2.24) is 4.90 Å². The van der Waals surface area contributed by atoms with Crippen molar-refractivity contribution in [3.8, 4) is 0 Å². The Morgan fingerprint density at radius 3 is 2.31 bits per heavy atom. The summed E-state index contributed by atoms with van der Waals surface area (Å²) in [7, 11) is 4.29. The van der Waals surface area contributed by atoms with Gasteiger partial charge in [0.2, 0.25) is 0 Å². The molecule has 94 valence electrons. The summed E-state index contributed by atoms with van der Waals surface area (Å²) >= 11 is 0. The Morgan fingerprint density at radius 2 is 1.88 bits per heavy atom. The van der Waals surface area contributed by atoms with Gasteiger partial charge in [-0.15, -0.1) is 0 Å². The molecule has 1 atom stereocenters. The topological polar surface area (TPSA) is 29.5 Å². The maximum atomic E-state index is 11.2. The van der Waals surface area contributed by atoms with Gasteiger partial charge in [-0.25, -0.2) is 0 Å². The van der Waals surface area contributed by atoms with Gasteiger partial charge in [-0.2, -0.15) is 0 Å². The number of carbonyl (C=O) groups is 1. The zero-order chi connectivity index (χ0) is 12.1. The standard InChI is InChI=1S/C13H25NO2/c1-5-13(15)16-10(2)11-6-8-12(9-7-11)14(3)4/h10-12H,5-9H2,1-4H3. The molecule has 1 saturated carbocycles. The highest BCUT2D eigenvalue weighted by atomic mass is 16.5. The summed E-state index contributed by atoms with van der Waals surface area (Å²) in [4.78, 5) is 13.5. The number of rotatable bonds is 4. The first-order valence-corrected chi connectivity index (χ1v) is 6.40. The molecule has 0 heterocycles. The fraction of sp³-hybridized carbons (Fsp3) is 0.923. The first-order valence-electron chi connectivity index (χ1n) is 6.40. The summed E-state index contributed by atoms with van der Waals surface area (Å²) in [6, 6.07) is 0.713. The van der Waals surface area contributed by atoms with Gasteiger partial charge >= 0.3 is 5.97 Å². The van der Waals surface area contributed by atoms with Crippen molar-refractivity contribution in [2.45, 2.75) is 58.1 Å². The normalized spacial score (nSPS) is 27.8. The first kappa shape index (κ1) is 13.5. The van der Waals surface area contributed by atoms with Crippen LogP contribution in [0.1, 0.15) is 46.0 Å². The molecule has 0 aromatic carbocycles. The molecule has 0 aliphatic heterocycles. The second-order valence-electron chi connectivity index (χ2n) is 5.08. The zero-order valence-corrected chi connectivity index (χ0v) is 11.0. The van der Waals surface area contributed by atoms with Crippen LogP contribution in [0, 0.1) is 5.92 Å². The van der Waals surface area contributed by atoms with Crippen molar-refractivity contribution in [3.63, 3.8) is 0 Å². The lowest BCUT2D eigenvalue weighted by Crippen LogP contribution is -2.35. The van der Waals surface area contributed by atoms with Crippen LogP contribution in [0.25, 0.3) is 0 Å². The fourth-order valence-corrected chi connectivity index (χ4v) is 2.47. The van der Waals surface area contributed by atoms with Crippen LogP contribution in [0.2, 0.25) is 0 Å². The highest BCUT2D eigenvalue weighted by Gasteiger charge is 2.27. The van der Waals surface area contributed by atoms with E-state index < -0.39 is 0 Å². The smallest absolute Gasteiger partial charge is 0.305 e. The lowest BCUT2D eigenvalue weighted by molar-refractivity contribution is -0.151. The molecule has 1 aliphatic rings. The molecule has 0 aromatic heterocycles. The van der Waals surface area contributed by atoms with Crippen molar-refractivity contribution in [3.05, 3.63) is 0 Å². The van der Waals surface area contributed by atoms with Crippen molar-refractivity contribution >= 4 is 5.97 Å². The molecule has 0 spiro atoms. The van der Waals surface area contributed by atoms with Gasteiger partial charge in [0.25, 0.3) is 0 Å². The second-order valence-corrected chi connectivity index (χ2v) is 5.08. The van der Waals surface area contributed by atoms with E-state index >= 15 is 0 Å². The number of hydrogen-bond acceptors (Lipinski definition) is 3. The zero-order valence-electron chi connectivity index (χ0n) is 11.0. The van der Waals surface area contributed by atoms with Gasteiger partial charge in [-0.3, -0.25) is 4.79 Å². The molecule has 0 aromatic rings. The van der Waals surface area contributed by atoms with Gasteiger partial charge < -0.3 is 9.64 Å². The molecule has 0 amide bonds. The highest BCUT2D eigenvalue weighted by molar-refractivity contribution is 5.69. The molecule has 1 unspecified atom stereocenters. The number of esters is 1. The van der Waals surface area contributed by atoms with Crippen LogP contribution in [-0.4, -0.2) is 37.1 Å². The molecule has 0 bridgehead atoms. The van der Waals surface area contributed by atoms with E-state index in [1.54, 1.807) is 0 Å². The summed E-state index contributed by atoms with van der Waals surface area (Å²) in [5.74, 6) is 0.494. The Balaban J connectivity index is 2.32. The number of carbonyl (C=O) groups excluding carboxylic acids is 1. The van der Waals surface area contributed by atoms with Gasteiger partial charge in [0, 0.05) is 12.5 Å². The van der Waals surface area contributed by atoms with Crippen molar-refractivity contribution < 1.29 is 9.53 Å². The lowest BCUT2D eigenvalue weighted by atomic mass is 9.83. The van der Waals surface area contributed by atoms with E-state index in [0.717, 1.165) is 0 Å². The molecular formula is C13H25NO2. The third-order valence-corrected chi connectivity index (χ3v) is 3.74. The van der Waals surface area contributed by atoms with E-state index in [4.69, 9.17) is 4.74 Å². The molecule has 16 heavy (non-hydrogen) atoms. The average Bonchev–Trinajstić information content (AvgIpc) is 2.28. The molecule has 3 nitrogen and oxygen atoms in total. The third-order valence-electron chi connectivity index (χ3n) is 3.74. The van der Waals surface area contributed by atoms with Crippen molar-refractivity contribution in [2.24, 2.45) is 5.92 Å². The van der Waals surface area contributed by atoms with E-state index in [-0.39, 0.29) is 12.1 Å². The van der Waals surface area contributed by atoms with Gasteiger partial charge in [-0.05, 0) is 52.6 Å². The second kappa shape index (κ2) is 6.24. The van der Waals surface area contributed by atoms with Crippen LogP contribution in [0.5, 0.6) is 0 Å². The van der Waals surface area contributed by atoms with Crippen molar-refractivity contribution in [2.75, 3.05) is 14.1 Å². The highest BCUT2D eigenvalue weighted by Crippen LogP contribution is 2.30. The molecule has 0 radical (unpaired) electrons. The van der Waals surface area contributed by atoms with Gasteiger partial charge in [0.15, 0.2) is 0 Å². The van der Waals surface area contributed by atoms with Crippen LogP contribution >= 0.6 is 0 Å². The molecule has 1 fully saturated rings. The summed E-state index contributed by atoms with van der Waals surface area (Å²) < 4.78 is 5.38. The Bertz CT molecular complexity index is 220. The summed E-state index contributed by atoms with van der Waals surface area (Å²) in [5.41, 5.74) is 0. The SMILES string of the molecule is CCC(=O)OC(C)C1CCC(N(C)C)CC1.